The van der Waals surface area contributed by atoms with Crippen molar-refractivity contribution in [3.63, 3.8) is 0 Å². The van der Waals surface area contributed by atoms with E-state index in [1.165, 1.54) is 6.42 Å². The van der Waals surface area contributed by atoms with Gasteiger partial charge in [-0.2, -0.15) is 0 Å². The van der Waals surface area contributed by atoms with E-state index in [0.29, 0.717) is 5.92 Å². The van der Waals surface area contributed by atoms with E-state index < -0.39 is 0 Å². The molecule has 0 aromatic rings. The van der Waals surface area contributed by atoms with Gasteiger partial charge in [-0.05, 0) is 30.6 Å². The Kier molecular flexibility index (Phi) is 2.38. The Hall–Kier alpha value is -0.300. The van der Waals surface area contributed by atoms with Crippen molar-refractivity contribution in [1.29, 1.82) is 0 Å². The van der Waals surface area contributed by atoms with Crippen LogP contribution in [0.15, 0.2) is 12.7 Å². The van der Waals surface area contributed by atoms with Crippen molar-refractivity contribution in [2.45, 2.75) is 39.2 Å². The van der Waals surface area contributed by atoms with Crippen LogP contribution < -0.4 is 0 Å². The number of allylic oxidation sites excluding steroid dienone is 1. The van der Waals surface area contributed by atoms with E-state index in [9.17, 15) is 5.11 Å². The monoisotopic (exact) mass is 154 g/mol. The molecule has 0 amide bonds. The maximum Gasteiger partial charge on any atom is 0.0573 e. The Morgan fingerprint density at radius 1 is 1.64 bits per heavy atom. The van der Waals surface area contributed by atoms with Crippen LogP contribution in [0.3, 0.4) is 0 Å². The van der Waals surface area contributed by atoms with Gasteiger partial charge in [0.05, 0.1) is 6.10 Å². The molecule has 0 radical (unpaired) electrons. The van der Waals surface area contributed by atoms with Crippen LogP contribution in [0.25, 0.3) is 0 Å². The largest absolute Gasteiger partial charge is 0.393 e. The van der Waals surface area contributed by atoms with E-state index in [4.69, 9.17) is 0 Å². The lowest BCUT2D eigenvalue weighted by molar-refractivity contribution is 0.0344. The van der Waals surface area contributed by atoms with Gasteiger partial charge in [0.2, 0.25) is 0 Å². The second-order valence-electron chi connectivity index (χ2n) is 4.15. The molecular formula is C10H18O. The Balaban J connectivity index is 2.58. The van der Waals surface area contributed by atoms with E-state index in [0.717, 1.165) is 12.8 Å². The zero-order valence-corrected chi connectivity index (χ0v) is 7.51. The van der Waals surface area contributed by atoms with Crippen molar-refractivity contribution in [3.05, 3.63) is 12.7 Å². The number of aliphatic hydroxyl groups excluding tert-OH is 1. The summed E-state index contributed by atoms with van der Waals surface area (Å²) >= 11 is 0. The van der Waals surface area contributed by atoms with E-state index in [1.54, 1.807) is 0 Å². The quantitative estimate of drug-likeness (QED) is 0.575. The van der Waals surface area contributed by atoms with Crippen LogP contribution in [0.5, 0.6) is 0 Å². The van der Waals surface area contributed by atoms with Gasteiger partial charge in [0.25, 0.3) is 0 Å². The molecule has 0 spiro atoms. The Morgan fingerprint density at radius 2 is 2.27 bits per heavy atom. The summed E-state index contributed by atoms with van der Waals surface area (Å²) in [6.45, 7) is 8.10. The fraction of sp³-hybridized carbons (Fsp3) is 0.800. The van der Waals surface area contributed by atoms with Crippen molar-refractivity contribution in [1.82, 2.24) is 0 Å². The van der Waals surface area contributed by atoms with Crippen LogP contribution in [-0.4, -0.2) is 11.2 Å². The van der Waals surface area contributed by atoms with E-state index in [2.05, 4.69) is 20.4 Å². The van der Waals surface area contributed by atoms with Gasteiger partial charge in [-0.3, -0.25) is 0 Å². The summed E-state index contributed by atoms with van der Waals surface area (Å²) in [6, 6.07) is 0. The van der Waals surface area contributed by atoms with Crippen LogP contribution in [-0.2, 0) is 0 Å². The number of hydrogen-bond donors (Lipinski definition) is 1. The molecule has 0 saturated heterocycles. The van der Waals surface area contributed by atoms with Crippen molar-refractivity contribution < 1.29 is 5.11 Å². The molecule has 64 valence electrons. The normalized spacial score (nSPS) is 45.4. The molecular weight excluding hydrogens is 136 g/mol. The van der Waals surface area contributed by atoms with E-state index >= 15 is 0 Å². The minimum atomic E-state index is -0.119. The summed E-state index contributed by atoms with van der Waals surface area (Å²) in [5.41, 5.74) is 0.186. The molecule has 1 N–H and O–H groups in total. The molecule has 1 aliphatic rings. The molecule has 1 fully saturated rings. The second-order valence-corrected chi connectivity index (χ2v) is 4.15. The molecule has 3 unspecified atom stereocenters. The molecule has 1 saturated carbocycles. The highest BCUT2D eigenvalue weighted by atomic mass is 16.3. The topological polar surface area (TPSA) is 20.2 Å². The fourth-order valence-electron chi connectivity index (χ4n) is 1.72. The molecule has 0 aromatic carbocycles. The smallest absolute Gasteiger partial charge is 0.0573 e. The molecule has 1 heteroatoms. The zero-order valence-electron chi connectivity index (χ0n) is 7.51. The second kappa shape index (κ2) is 2.98. The van der Waals surface area contributed by atoms with Crippen LogP contribution in [0.2, 0.25) is 0 Å². The third-order valence-corrected chi connectivity index (χ3v) is 3.00. The predicted octanol–water partition coefficient (Wildman–Crippen LogP) is 2.36. The highest BCUT2D eigenvalue weighted by Gasteiger charge is 2.32. The first-order valence-corrected chi connectivity index (χ1v) is 4.39. The van der Waals surface area contributed by atoms with Crippen LogP contribution in [0, 0.1) is 11.3 Å². The SMILES string of the molecule is C=CC1(C)CCC(C)C(O)C1. The maximum atomic E-state index is 9.60. The van der Waals surface area contributed by atoms with Crippen molar-refractivity contribution in [2.24, 2.45) is 11.3 Å². The molecule has 11 heavy (non-hydrogen) atoms. The number of rotatable bonds is 1. The molecule has 0 aromatic heterocycles. The first-order valence-electron chi connectivity index (χ1n) is 4.39. The lowest BCUT2D eigenvalue weighted by Crippen LogP contribution is -2.32. The lowest BCUT2D eigenvalue weighted by atomic mass is 9.71. The molecule has 0 heterocycles. The van der Waals surface area contributed by atoms with Crippen molar-refractivity contribution in [2.75, 3.05) is 0 Å². The predicted molar refractivity (Wildman–Crippen MR) is 47.3 cm³/mol. The summed E-state index contributed by atoms with van der Waals surface area (Å²) in [5.74, 6) is 0.475. The maximum absolute atomic E-state index is 9.60. The summed E-state index contributed by atoms with van der Waals surface area (Å²) in [6.07, 6.45) is 5.06. The third kappa shape index (κ3) is 1.84. The average molecular weight is 154 g/mol. The minimum absolute atomic E-state index is 0.119. The first kappa shape index (κ1) is 8.79. The lowest BCUT2D eigenvalue weighted by Gasteiger charge is -2.37. The summed E-state index contributed by atoms with van der Waals surface area (Å²) in [7, 11) is 0. The van der Waals surface area contributed by atoms with E-state index in [-0.39, 0.29) is 11.5 Å². The Morgan fingerprint density at radius 3 is 2.73 bits per heavy atom. The van der Waals surface area contributed by atoms with Crippen LogP contribution in [0.4, 0.5) is 0 Å². The average Bonchev–Trinajstić information content (AvgIpc) is 1.98. The molecule has 1 rings (SSSR count). The first-order chi connectivity index (χ1) is 5.07. The van der Waals surface area contributed by atoms with Gasteiger partial charge in [-0.15, -0.1) is 6.58 Å². The minimum Gasteiger partial charge on any atom is -0.393 e. The summed E-state index contributed by atoms with van der Waals surface area (Å²) < 4.78 is 0. The third-order valence-electron chi connectivity index (χ3n) is 3.00. The molecule has 3 atom stereocenters. The molecule has 1 aliphatic carbocycles. The van der Waals surface area contributed by atoms with Crippen LogP contribution in [0.1, 0.15) is 33.1 Å². The summed E-state index contributed by atoms with van der Waals surface area (Å²) in [5, 5.41) is 9.60. The summed E-state index contributed by atoms with van der Waals surface area (Å²) in [4.78, 5) is 0. The van der Waals surface area contributed by atoms with Gasteiger partial charge in [0.15, 0.2) is 0 Å². The van der Waals surface area contributed by atoms with Crippen molar-refractivity contribution >= 4 is 0 Å². The highest BCUT2D eigenvalue weighted by Crippen LogP contribution is 2.39. The molecule has 1 nitrogen and oxygen atoms in total. The standard InChI is InChI=1S/C10H18O/c1-4-10(3)6-5-8(2)9(11)7-10/h4,8-9,11H,1,5-7H2,2-3H3. The van der Waals surface area contributed by atoms with Crippen molar-refractivity contribution in [3.8, 4) is 0 Å². The number of aliphatic hydroxyl groups is 1. The van der Waals surface area contributed by atoms with Gasteiger partial charge in [0, 0.05) is 0 Å². The zero-order chi connectivity index (χ0) is 8.48. The Bertz CT molecular complexity index is 153. The molecule has 0 aliphatic heterocycles. The van der Waals surface area contributed by atoms with Gasteiger partial charge in [-0.1, -0.05) is 19.9 Å². The van der Waals surface area contributed by atoms with Gasteiger partial charge < -0.3 is 5.11 Å². The Labute approximate surface area is 69.1 Å². The number of hydrogen-bond acceptors (Lipinski definition) is 1. The van der Waals surface area contributed by atoms with Gasteiger partial charge >= 0.3 is 0 Å². The van der Waals surface area contributed by atoms with Gasteiger partial charge in [-0.25, -0.2) is 0 Å². The van der Waals surface area contributed by atoms with Gasteiger partial charge in [0.1, 0.15) is 0 Å². The highest BCUT2D eigenvalue weighted by molar-refractivity contribution is 4.96. The van der Waals surface area contributed by atoms with Crippen LogP contribution >= 0.6 is 0 Å². The molecule has 0 bridgehead atoms. The van der Waals surface area contributed by atoms with E-state index in [1.807, 2.05) is 6.08 Å². The fourth-order valence-corrected chi connectivity index (χ4v) is 1.72.